The molecule has 1 aromatic rings. The molecule has 0 amide bonds. The third kappa shape index (κ3) is 2.60. The molecule has 1 heterocycles. The van der Waals surface area contributed by atoms with Gasteiger partial charge in [0, 0.05) is 22.8 Å². The smallest absolute Gasteiger partial charge is 0.306 e. The predicted octanol–water partition coefficient (Wildman–Crippen LogP) is 2.64. The number of rotatable bonds is 4. The van der Waals surface area contributed by atoms with Gasteiger partial charge >= 0.3 is 5.97 Å². The van der Waals surface area contributed by atoms with Crippen molar-refractivity contribution in [3.05, 3.63) is 33.9 Å². The summed E-state index contributed by atoms with van der Waals surface area (Å²) in [5.74, 6) is 0.307. The van der Waals surface area contributed by atoms with E-state index in [1.165, 1.54) is 7.11 Å². The van der Waals surface area contributed by atoms with Gasteiger partial charge in [0.2, 0.25) is 6.79 Å². The van der Waals surface area contributed by atoms with Crippen molar-refractivity contribution >= 4 is 5.97 Å². The molecule has 0 bridgehead atoms. The Kier molecular flexibility index (Phi) is 4.11. The Hall–Kier alpha value is -2.31. The number of methoxy groups -OCH3 is 1. The Morgan fingerprint density at radius 1 is 1.39 bits per heavy atom. The van der Waals surface area contributed by atoms with Crippen molar-refractivity contribution in [1.82, 2.24) is 0 Å². The topological polar surface area (TPSA) is 87.9 Å². The van der Waals surface area contributed by atoms with E-state index in [9.17, 15) is 14.9 Å². The zero-order valence-electron chi connectivity index (χ0n) is 12.9. The molecule has 7 heteroatoms. The van der Waals surface area contributed by atoms with Crippen LogP contribution in [0.2, 0.25) is 0 Å². The monoisotopic (exact) mass is 321 g/mol. The van der Waals surface area contributed by atoms with Crippen molar-refractivity contribution < 1.29 is 23.9 Å². The number of hydrogen-bond donors (Lipinski definition) is 0. The van der Waals surface area contributed by atoms with Crippen LogP contribution in [0.5, 0.6) is 11.5 Å². The van der Waals surface area contributed by atoms with Gasteiger partial charge in [0.1, 0.15) is 0 Å². The van der Waals surface area contributed by atoms with Crippen LogP contribution >= 0.6 is 0 Å². The second-order valence-electron chi connectivity index (χ2n) is 5.97. The molecule has 23 heavy (non-hydrogen) atoms. The Labute approximate surface area is 133 Å². The van der Waals surface area contributed by atoms with Crippen LogP contribution in [0, 0.1) is 16.0 Å². The molecule has 1 aliphatic carbocycles. The SMILES string of the molecule is COC(=O)C[C@H]1CCCC[C@]1(c1ccc2c(c1)OCO2)[N+](=O)[O-]. The predicted molar refractivity (Wildman–Crippen MR) is 79.8 cm³/mol. The molecule has 7 nitrogen and oxygen atoms in total. The average molecular weight is 321 g/mol. The Balaban J connectivity index is 2.03. The summed E-state index contributed by atoms with van der Waals surface area (Å²) < 4.78 is 15.4. The molecule has 1 saturated carbocycles. The van der Waals surface area contributed by atoms with Gasteiger partial charge < -0.3 is 14.2 Å². The van der Waals surface area contributed by atoms with E-state index < -0.39 is 11.5 Å². The number of nitro groups is 1. The lowest BCUT2D eigenvalue weighted by Gasteiger charge is -2.36. The molecule has 0 aromatic heterocycles. The van der Waals surface area contributed by atoms with E-state index in [1.807, 2.05) is 0 Å². The minimum absolute atomic E-state index is 0.0475. The van der Waals surface area contributed by atoms with Crippen molar-refractivity contribution in [2.45, 2.75) is 37.6 Å². The molecule has 1 aromatic carbocycles. The fraction of sp³-hybridized carbons (Fsp3) is 0.562. The Morgan fingerprint density at radius 3 is 2.91 bits per heavy atom. The first-order valence-corrected chi connectivity index (χ1v) is 7.69. The van der Waals surface area contributed by atoms with E-state index in [0.29, 0.717) is 29.9 Å². The number of benzene rings is 1. The summed E-state index contributed by atoms with van der Waals surface area (Å²) in [6, 6.07) is 5.10. The molecule has 1 fully saturated rings. The van der Waals surface area contributed by atoms with Gasteiger partial charge in [0.25, 0.3) is 5.54 Å². The molecule has 0 unspecified atom stereocenters. The summed E-state index contributed by atoms with van der Waals surface area (Å²) in [5.41, 5.74) is -0.715. The first-order chi connectivity index (χ1) is 11.1. The largest absolute Gasteiger partial charge is 0.469 e. The molecule has 0 N–H and O–H groups in total. The second-order valence-corrected chi connectivity index (χ2v) is 5.97. The molecule has 2 aliphatic rings. The van der Waals surface area contributed by atoms with Crippen LogP contribution in [-0.4, -0.2) is 24.8 Å². The minimum atomic E-state index is -1.28. The van der Waals surface area contributed by atoms with Crippen LogP contribution in [0.25, 0.3) is 0 Å². The normalized spacial score (nSPS) is 25.9. The third-order valence-electron chi connectivity index (χ3n) is 4.87. The van der Waals surface area contributed by atoms with Crippen LogP contribution in [0.1, 0.15) is 37.7 Å². The first-order valence-electron chi connectivity index (χ1n) is 7.69. The maximum Gasteiger partial charge on any atom is 0.306 e. The van der Waals surface area contributed by atoms with Crippen molar-refractivity contribution in [3.8, 4) is 11.5 Å². The third-order valence-corrected chi connectivity index (χ3v) is 4.87. The van der Waals surface area contributed by atoms with Crippen LogP contribution in [-0.2, 0) is 15.1 Å². The Morgan fingerprint density at radius 2 is 2.17 bits per heavy atom. The highest BCUT2D eigenvalue weighted by molar-refractivity contribution is 5.69. The van der Waals surface area contributed by atoms with E-state index in [2.05, 4.69) is 0 Å². The quantitative estimate of drug-likeness (QED) is 0.481. The van der Waals surface area contributed by atoms with Gasteiger partial charge in [0.05, 0.1) is 13.5 Å². The van der Waals surface area contributed by atoms with Crippen LogP contribution in [0.4, 0.5) is 0 Å². The number of carbonyl (C=O) groups is 1. The number of esters is 1. The molecule has 124 valence electrons. The summed E-state index contributed by atoms with van der Waals surface area (Å²) in [7, 11) is 1.31. The van der Waals surface area contributed by atoms with Gasteiger partial charge in [-0.25, -0.2) is 0 Å². The maximum absolute atomic E-state index is 12.0. The summed E-state index contributed by atoms with van der Waals surface area (Å²) in [6.45, 7) is 0.121. The molecule has 2 atom stereocenters. The fourth-order valence-corrected chi connectivity index (χ4v) is 3.68. The van der Waals surface area contributed by atoms with E-state index in [1.54, 1.807) is 18.2 Å². The summed E-state index contributed by atoms with van der Waals surface area (Å²) >= 11 is 0. The van der Waals surface area contributed by atoms with E-state index >= 15 is 0 Å². The number of hydrogen-bond acceptors (Lipinski definition) is 6. The van der Waals surface area contributed by atoms with Gasteiger partial charge in [-0.3, -0.25) is 14.9 Å². The van der Waals surface area contributed by atoms with Gasteiger partial charge in [-0.05, 0) is 31.0 Å². The van der Waals surface area contributed by atoms with Crippen molar-refractivity contribution in [2.75, 3.05) is 13.9 Å². The van der Waals surface area contributed by atoms with Crippen LogP contribution in [0.3, 0.4) is 0 Å². The summed E-state index contributed by atoms with van der Waals surface area (Å²) in [5, 5.41) is 12.0. The van der Waals surface area contributed by atoms with Gasteiger partial charge in [-0.1, -0.05) is 6.42 Å². The number of ether oxygens (including phenoxy) is 3. The maximum atomic E-state index is 12.0. The molecule has 0 radical (unpaired) electrons. The van der Waals surface area contributed by atoms with Gasteiger partial charge in [0.15, 0.2) is 11.5 Å². The molecule has 1 aliphatic heterocycles. The van der Waals surface area contributed by atoms with Crippen molar-refractivity contribution in [3.63, 3.8) is 0 Å². The van der Waals surface area contributed by atoms with E-state index in [4.69, 9.17) is 14.2 Å². The minimum Gasteiger partial charge on any atom is -0.469 e. The molecule has 0 spiro atoms. The number of carbonyl (C=O) groups excluding carboxylic acids is 1. The number of fused-ring (bicyclic) bond motifs is 1. The highest BCUT2D eigenvalue weighted by atomic mass is 16.7. The standard InChI is InChI=1S/C16H19NO6/c1-21-15(18)9-11-4-2-3-7-16(11,17(19)20)12-5-6-13-14(8-12)23-10-22-13/h5-6,8,11H,2-4,7,9-10H2,1H3/t11-,16+/m1/s1. The molecular formula is C16H19NO6. The van der Waals surface area contributed by atoms with Crippen molar-refractivity contribution in [2.24, 2.45) is 5.92 Å². The van der Waals surface area contributed by atoms with Gasteiger partial charge in [-0.15, -0.1) is 0 Å². The van der Waals surface area contributed by atoms with Crippen molar-refractivity contribution in [1.29, 1.82) is 0 Å². The highest BCUT2D eigenvalue weighted by Gasteiger charge is 2.54. The fourth-order valence-electron chi connectivity index (χ4n) is 3.68. The lowest BCUT2D eigenvalue weighted by atomic mass is 9.68. The summed E-state index contributed by atoms with van der Waals surface area (Å²) in [6.07, 6.45) is 2.71. The average Bonchev–Trinajstić information content (AvgIpc) is 3.02. The zero-order valence-corrected chi connectivity index (χ0v) is 12.9. The van der Waals surface area contributed by atoms with Crippen LogP contribution in [0.15, 0.2) is 18.2 Å². The molecule has 0 saturated heterocycles. The van der Waals surface area contributed by atoms with Crippen LogP contribution < -0.4 is 9.47 Å². The van der Waals surface area contributed by atoms with E-state index in [-0.39, 0.29) is 24.1 Å². The molecular weight excluding hydrogens is 302 g/mol. The first kappa shape index (κ1) is 15.6. The lowest BCUT2D eigenvalue weighted by Crippen LogP contribution is -2.46. The highest BCUT2D eigenvalue weighted by Crippen LogP contribution is 2.48. The second kappa shape index (κ2) is 6.06. The Bertz CT molecular complexity index is 631. The van der Waals surface area contributed by atoms with Gasteiger partial charge in [-0.2, -0.15) is 0 Å². The zero-order chi connectivity index (χ0) is 16.4. The lowest BCUT2D eigenvalue weighted by molar-refractivity contribution is -0.595. The van der Waals surface area contributed by atoms with E-state index in [0.717, 1.165) is 12.8 Å². The number of nitrogens with zero attached hydrogens (tertiary/aromatic N) is 1. The summed E-state index contributed by atoms with van der Waals surface area (Å²) in [4.78, 5) is 23.5. The molecule has 3 rings (SSSR count).